The molecule has 1 unspecified atom stereocenters. The molecule has 1 heterocycles. The molecule has 0 aromatic heterocycles. The van der Waals surface area contributed by atoms with Gasteiger partial charge in [0, 0.05) is 23.0 Å². The standard InChI is InChI=1S/C28H25Cl2N3O6S/c1-28(11-2-12-33(28)40(37,38)24-15-20(29)14-21(30)16-24)27(36)32-25(26(34)35)13-18-3-7-22(8-4-18)39-23-9-5-19(17-31)6-10-23/h3-10,14-16,25H,2,11-13H2,1H3,(H,32,36)(H,34,35)/t25?,28-/m0/s1. The molecule has 40 heavy (non-hydrogen) atoms. The van der Waals surface area contributed by atoms with Gasteiger partial charge in [0.1, 0.15) is 23.1 Å². The van der Waals surface area contributed by atoms with Crippen LogP contribution in [0.2, 0.25) is 10.0 Å². The SMILES string of the molecule is C[C@@]1(C(=O)NC(Cc2ccc(Oc3ccc(C#N)cc3)cc2)C(=O)O)CCCN1S(=O)(=O)c1cc(Cl)cc(Cl)c1. The molecule has 1 fully saturated rings. The first-order valence-electron chi connectivity index (χ1n) is 12.2. The van der Waals surface area contributed by atoms with Gasteiger partial charge in [0.2, 0.25) is 15.9 Å². The minimum absolute atomic E-state index is 0.0368. The molecule has 2 N–H and O–H groups in total. The summed E-state index contributed by atoms with van der Waals surface area (Å²) in [6.07, 6.45) is 0.584. The van der Waals surface area contributed by atoms with Gasteiger partial charge < -0.3 is 15.2 Å². The van der Waals surface area contributed by atoms with E-state index in [1.54, 1.807) is 48.5 Å². The first-order valence-corrected chi connectivity index (χ1v) is 14.4. The van der Waals surface area contributed by atoms with Gasteiger partial charge in [-0.25, -0.2) is 13.2 Å². The highest BCUT2D eigenvalue weighted by molar-refractivity contribution is 7.89. The molecule has 0 bridgehead atoms. The van der Waals surface area contributed by atoms with Gasteiger partial charge in [-0.15, -0.1) is 0 Å². The van der Waals surface area contributed by atoms with Crippen LogP contribution in [0.15, 0.2) is 71.6 Å². The van der Waals surface area contributed by atoms with Crippen molar-refractivity contribution < 1.29 is 27.9 Å². The summed E-state index contributed by atoms with van der Waals surface area (Å²) in [5.74, 6) is -0.935. The van der Waals surface area contributed by atoms with E-state index in [0.717, 1.165) is 4.31 Å². The van der Waals surface area contributed by atoms with Crippen molar-refractivity contribution in [3.8, 4) is 17.6 Å². The Labute approximate surface area is 241 Å². The number of carboxylic acids is 1. The summed E-state index contributed by atoms with van der Waals surface area (Å²) in [5, 5.41) is 21.6. The third-order valence-corrected chi connectivity index (χ3v) is 9.11. The maximum absolute atomic E-state index is 13.5. The molecule has 1 aliphatic heterocycles. The number of nitriles is 1. The number of carbonyl (C=O) groups excluding carboxylic acids is 1. The van der Waals surface area contributed by atoms with Crippen LogP contribution in [0.4, 0.5) is 0 Å². The van der Waals surface area contributed by atoms with Crippen molar-refractivity contribution in [3.05, 3.63) is 87.9 Å². The third kappa shape index (κ3) is 6.40. The molecule has 3 aromatic carbocycles. The van der Waals surface area contributed by atoms with Crippen molar-refractivity contribution in [3.63, 3.8) is 0 Å². The van der Waals surface area contributed by atoms with Crippen LogP contribution < -0.4 is 10.1 Å². The second-order valence-corrected chi connectivity index (χ2v) is 12.2. The molecule has 1 aliphatic rings. The Bertz CT molecular complexity index is 1550. The van der Waals surface area contributed by atoms with Crippen LogP contribution in [0.1, 0.15) is 30.9 Å². The van der Waals surface area contributed by atoms with E-state index < -0.39 is 33.5 Å². The fourth-order valence-electron chi connectivity index (χ4n) is 4.53. The highest BCUT2D eigenvalue weighted by atomic mass is 35.5. The number of sulfonamides is 1. The monoisotopic (exact) mass is 601 g/mol. The second kappa shape index (κ2) is 11.9. The number of aliphatic carboxylic acids is 1. The summed E-state index contributed by atoms with van der Waals surface area (Å²) in [7, 11) is -4.16. The molecule has 0 spiro atoms. The van der Waals surface area contributed by atoms with Crippen molar-refractivity contribution in [2.24, 2.45) is 0 Å². The number of hydrogen-bond donors (Lipinski definition) is 2. The van der Waals surface area contributed by atoms with Gasteiger partial charge in [0.25, 0.3) is 0 Å². The topological polar surface area (TPSA) is 137 Å². The molecule has 9 nitrogen and oxygen atoms in total. The van der Waals surface area contributed by atoms with Crippen LogP contribution in [0.5, 0.6) is 11.5 Å². The fraction of sp³-hybridized carbons (Fsp3) is 0.250. The average molecular weight is 602 g/mol. The number of nitrogens with zero attached hydrogens (tertiary/aromatic N) is 2. The predicted octanol–water partition coefficient (Wildman–Crippen LogP) is 5.01. The Morgan fingerprint density at radius 2 is 1.65 bits per heavy atom. The quantitative estimate of drug-likeness (QED) is 0.351. The van der Waals surface area contributed by atoms with E-state index in [-0.39, 0.29) is 34.3 Å². The number of carbonyl (C=O) groups is 2. The van der Waals surface area contributed by atoms with Gasteiger partial charge in [0.05, 0.1) is 16.5 Å². The highest BCUT2D eigenvalue weighted by Crippen LogP contribution is 2.36. The van der Waals surface area contributed by atoms with E-state index in [4.69, 9.17) is 33.2 Å². The van der Waals surface area contributed by atoms with Crippen molar-refractivity contribution >= 4 is 45.1 Å². The number of benzene rings is 3. The highest BCUT2D eigenvalue weighted by Gasteiger charge is 2.50. The van der Waals surface area contributed by atoms with Crippen molar-refractivity contribution in [2.45, 2.75) is 42.7 Å². The first kappa shape index (κ1) is 29.4. The molecule has 2 atom stereocenters. The largest absolute Gasteiger partial charge is 0.480 e. The summed E-state index contributed by atoms with van der Waals surface area (Å²) in [6, 6.07) is 17.9. The number of ether oxygens (including phenoxy) is 1. The molecule has 1 saturated heterocycles. The van der Waals surface area contributed by atoms with Crippen molar-refractivity contribution in [2.75, 3.05) is 6.54 Å². The first-order chi connectivity index (χ1) is 18.9. The number of rotatable bonds is 9. The van der Waals surface area contributed by atoms with E-state index >= 15 is 0 Å². The summed E-state index contributed by atoms with van der Waals surface area (Å²) < 4.78 is 33.7. The van der Waals surface area contributed by atoms with Crippen molar-refractivity contribution in [1.29, 1.82) is 5.26 Å². The van der Waals surface area contributed by atoms with Gasteiger partial charge in [0.15, 0.2) is 0 Å². The molecular formula is C28H25Cl2N3O6S. The average Bonchev–Trinajstić information content (AvgIpc) is 3.33. The zero-order valence-electron chi connectivity index (χ0n) is 21.3. The number of nitrogens with one attached hydrogen (secondary N) is 1. The molecule has 4 rings (SSSR count). The van der Waals surface area contributed by atoms with Crippen LogP contribution in [0.3, 0.4) is 0 Å². The Hall–Kier alpha value is -3.62. The lowest BCUT2D eigenvalue weighted by molar-refractivity contribution is -0.143. The van der Waals surface area contributed by atoms with Crippen LogP contribution in [-0.4, -0.2) is 47.8 Å². The van der Waals surface area contributed by atoms with Crippen molar-refractivity contribution in [1.82, 2.24) is 9.62 Å². The third-order valence-electron chi connectivity index (χ3n) is 6.67. The Balaban J connectivity index is 1.47. The van der Waals surface area contributed by atoms with Gasteiger partial charge >= 0.3 is 5.97 Å². The molecule has 0 aliphatic carbocycles. The van der Waals surface area contributed by atoms with E-state index in [1.807, 2.05) is 6.07 Å². The van der Waals surface area contributed by atoms with Gasteiger partial charge in [-0.1, -0.05) is 35.3 Å². The molecule has 1 amide bonds. The zero-order chi connectivity index (χ0) is 29.1. The Morgan fingerprint density at radius 3 is 2.20 bits per heavy atom. The zero-order valence-corrected chi connectivity index (χ0v) is 23.6. The van der Waals surface area contributed by atoms with E-state index in [2.05, 4.69) is 5.32 Å². The Kier molecular flexibility index (Phi) is 8.71. The van der Waals surface area contributed by atoms with Crippen LogP contribution in [0, 0.1) is 11.3 Å². The predicted molar refractivity (Wildman–Crippen MR) is 149 cm³/mol. The molecule has 3 aromatic rings. The summed E-state index contributed by atoms with van der Waals surface area (Å²) in [4.78, 5) is 25.3. The smallest absolute Gasteiger partial charge is 0.326 e. The minimum atomic E-state index is -4.16. The molecule has 0 saturated carbocycles. The lowest BCUT2D eigenvalue weighted by Crippen LogP contribution is -2.58. The lowest BCUT2D eigenvalue weighted by Gasteiger charge is -2.34. The number of hydrogen-bond acceptors (Lipinski definition) is 6. The summed E-state index contributed by atoms with van der Waals surface area (Å²) in [6.45, 7) is 1.56. The van der Waals surface area contributed by atoms with Crippen LogP contribution >= 0.6 is 23.2 Å². The molecular weight excluding hydrogens is 577 g/mol. The summed E-state index contributed by atoms with van der Waals surface area (Å²) in [5.41, 5.74) is -0.389. The van der Waals surface area contributed by atoms with Gasteiger partial charge in [-0.05, 0) is 79.9 Å². The van der Waals surface area contributed by atoms with E-state index in [9.17, 15) is 23.1 Å². The number of halogens is 2. The van der Waals surface area contributed by atoms with Crippen LogP contribution in [0.25, 0.3) is 0 Å². The van der Waals surface area contributed by atoms with E-state index in [0.29, 0.717) is 29.0 Å². The molecule has 208 valence electrons. The fourth-order valence-corrected chi connectivity index (χ4v) is 7.07. The minimum Gasteiger partial charge on any atom is -0.480 e. The van der Waals surface area contributed by atoms with E-state index in [1.165, 1.54) is 25.1 Å². The molecule has 12 heteroatoms. The second-order valence-electron chi connectivity index (χ2n) is 9.51. The number of carboxylic acid groups (broad SMARTS) is 1. The van der Waals surface area contributed by atoms with Crippen LogP contribution in [-0.2, 0) is 26.0 Å². The van der Waals surface area contributed by atoms with Gasteiger partial charge in [-0.3, -0.25) is 4.79 Å². The summed E-state index contributed by atoms with van der Waals surface area (Å²) >= 11 is 12.0. The maximum atomic E-state index is 13.5. The Morgan fingerprint density at radius 1 is 1.07 bits per heavy atom. The molecule has 0 radical (unpaired) electrons. The number of amides is 1. The maximum Gasteiger partial charge on any atom is 0.326 e. The normalized spacial score (nSPS) is 18.1. The lowest BCUT2D eigenvalue weighted by atomic mass is 9.97. The van der Waals surface area contributed by atoms with Gasteiger partial charge in [-0.2, -0.15) is 9.57 Å².